The molecule has 0 saturated heterocycles. The summed E-state index contributed by atoms with van der Waals surface area (Å²) in [4.78, 5) is 0. The maximum Gasteiger partial charge on any atom is 0.340 e. The van der Waals surface area contributed by atoms with Crippen LogP contribution in [0.15, 0.2) is 29.9 Å². The minimum absolute atomic E-state index is 0.0324. The van der Waals surface area contributed by atoms with Crippen molar-refractivity contribution < 1.29 is 26.3 Å². The second-order valence-electron chi connectivity index (χ2n) is 5.42. The van der Waals surface area contributed by atoms with Crippen LogP contribution in [0.4, 0.5) is 26.3 Å². The van der Waals surface area contributed by atoms with Crippen LogP contribution < -0.4 is 0 Å². The van der Waals surface area contributed by atoms with E-state index in [0.717, 1.165) is 24.3 Å². The number of hydrogen-bond acceptors (Lipinski definition) is 0. The van der Waals surface area contributed by atoms with Crippen LogP contribution in [0.1, 0.15) is 37.8 Å². The number of alkyl halides is 4. The van der Waals surface area contributed by atoms with Crippen LogP contribution in [0, 0.1) is 11.6 Å². The first-order valence-corrected chi connectivity index (χ1v) is 7.33. The Labute approximate surface area is 130 Å². The van der Waals surface area contributed by atoms with E-state index in [4.69, 9.17) is 0 Å². The van der Waals surface area contributed by atoms with Crippen LogP contribution in [-0.4, -0.2) is 11.8 Å². The molecule has 0 fully saturated rings. The molecule has 1 aromatic carbocycles. The van der Waals surface area contributed by atoms with Crippen LogP contribution >= 0.6 is 0 Å². The molecule has 0 saturated carbocycles. The van der Waals surface area contributed by atoms with Crippen molar-refractivity contribution in [3.8, 4) is 0 Å². The smallest absolute Gasteiger partial charge is 0.203 e. The fourth-order valence-corrected chi connectivity index (χ4v) is 2.62. The molecule has 6 heteroatoms. The Morgan fingerprint density at radius 2 is 1.52 bits per heavy atom. The summed E-state index contributed by atoms with van der Waals surface area (Å²) in [5, 5.41) is 0. The fourth-order valence-electron chi connectivity index (χ4n) is 2.62. The lowest BCUT2D eigenvalue weighted by atomic mass is 9.85. The highest BCUT2D eigenvalue weighted by Crippen LogP contribution is 2.51. The summed E-state index contributed by atoms with van der Waals surface area (Å²) >= 11 is 0. The Bertz CT molecular complexity index is 670. The van der Waals surface area contributed by atoms with Gasteiger partial charge < -0.3 is 0 Å². The van der Waals surface area contributed by atoms with Crippen molar-refractivity contribution in [1.29, 1.82) is 0 Å². The highest BCUT2D eigenvalue weighted by Gasteiger charge is 2.62. The third-order valence-electron chi connectivity index (χ3n) is 3.94. The molecule has 0 atom stereocenters. The number of rotatable bonds is 4. The van der Waals surface area contributed by atoms with Gasteiger partial charge in [0.25, 0.3) is 0 Å². The second-order valence-corrected chi connectivity index (χ2v) is 5.42. The third kappa shape index (κ3) is 2.68. The molecule has 0 heterocycles. The first-order valence-electron chi connectivity index (χ1n) is 7.33. The quantitative estimate of drug-likeness (QED) is 0.600. The van der Waals surface area contributed by atoms with Crippen LogP contribution in [0.3, 0.4) is 0 Å². The lowest BCUT2D eigenvalue weighted by Crippen LogP contribution is -2.44. The minimum atomic E-state index is -4.60. The van der Waals surface area contributed by atoms with Crippen LogP contribution in [0.2, 0.25) is 0 Å². The van der Waals surface area contributed by atoms with Gasteiger partial charge >= 0.3 is 11.8 Å². The lowest BCUT2D eigenvalue weighted by molar-refractivity contribution is -0.149. The molecule has 1 aliphatic carbocycles. The van der Waals surface area contributed by atoms with Gasteiger partial charge in [0.1, 0.15) is 0 Å². The van der Waals surface area contributed by atoms with Crippen molar-refractivity contribution in [2.24, 2.45) is 0 Å². The van der Waals surface area contributed by atoms with E-state index in [2.05, 4.69) is 0 Å². The van der Waals surface area contributed by atoms with Gasteiger partial charge in [0.05, 0.1) is 0 Å². The van der Waals surface area contributed by atoms with Gasteiger partial charge in [-0.2, -0.15) is 17.6 Å². The van der Waals surface area contributed by atoms with Crippen LogP contribution in [-0.2, 0) is 6.42 Å². The molecule has 0 N–H and O–H groups in total. The summed E-state index contributed by atoms with van der Waals surface area (Å²) in [7, 11) is 0. The zero-order chi connectivity index (χ0) is 17.4. The van der Waals surface area contributed by atoms with E-state index in [1.165, 1.54) is 6.92 Å². The summed E-state index contributed by atoms with van der Waals surface area (Å²) in [5.41, 5.74) is -2.75. The Kier molecular flexibility index (Phi) is 4.64. The molecule has 0 spiro atoms. The molecule has 0 bridgehead atoms. The van der Waals surface area contributed by atoms with E-state index >= 15 is 0 Å². The van der Waals surface area contributed by atoms with Crippen molar-refractivity contribution in [2.75, 3.05) is 0 Å². The average molecular weight is 334 g/mol. The molecule has 23 heavy (non-hydrogen) atoms. The van der Waals surface area contributed by atoms with Gasteiger partial charge in [0.2, 0.25) is 0 Å². The topological polar surface area (TPSA) is 0 Å². The number of benzene rings is 1. The largest absolute Gasteiger partial charge is 0.340 e. The minimum Gasteiger partial charge on any atom is -0.203 e. The summed E-state index contributed by atoms with van der Waals surface area (Å²) in [5.74, 6) is -11.8. The molecule has 1 aromatic rings. The number of hydrogen-bond donors (Lipinski definition) is 0. The second kappa shape index (κ2) is 6.06. The summed E-state index contributed by atoms with van der Waals surface area (Å²) in [6, 6.07) is 2.09. The Balaban J connectivity index is 2.60. The summed E-state index contributed by atoms with van der Waals surface area (Å²) in [6.45, 7) is 3.08. The van der Waals surface area contributed by atoms with E-state index in [0.29, 0.717) is 6.42 Å². The third-order valence-corrected chi connectivity index (χ3v) is 3.94. The molecule has 0 aromatic heterocycles. The molecule has 2 rings (SSSR count). The van der Waals surface area contributed by atoms with E-state index in [1.54, 1.807) is 6.92 Å². The fraction of sp³-hybridized carbons (Fsp3) is 0.412. The van der Waals surface area contributed by atoms with Gasteiger partial charge in [-0.05, 0) is 18.4 Å². The molecule has 126 valence electrons. The molecular weight excluding hydrogens is 318 g/mol. The number of halogens is 6. The molecule has 0 nitrogen and oxygen atoms in total. The maximum atomic E-state index is 14.2. The van der Waals surface area contributed by atoms with Gasteiger partial charge in [0, 0.05) is 16.7 Å². The maximum absolute atomic E-state index is 14.2. The summed E-state index contributed by atoms with van der Waals surface area (Å²) < 4.78 is 84.3. The van der Waals surface area contributed by atoms with Crippen molar-refractivity contribution in [3.63, 3.8) is 0 Å². The van der Waals surface area contributed by atoms with Gasteiger partial charge in [0.15, 0.2) is 11.6 Å². The molecule has 1 aliphatic rings. The molecule has 0 aliphatic heterocycles. The zero-order valence-corrected chi connectivity index (χ0v) is 12.7. The first-order chi connectivity index (χ1) is 10.7. The highest BCUT2D eigenvalue weighted by molar-refractivity contribution is 5.76. The van der Waals surface area contributed by atoms with E-state index in [9.17, 15) is 26.3 Å². The van der Waals surface area contributed by atoms with Crippen LogP contribution in [0.5, 0.6) is 0 Å². The predicted molar refractivity (Wildman–Crippen MR) is 76.6 cm³/mol. The van der Waals surface area contributed by atoms with Gasteiger partial charge in [-0.3, -0.25) is 0 Å². The van der Waals surface area contributed by atoms with Gasteiger partial charge in [-0.25, -0.2) is 8.78 Å². The Morgan fingerprint density at radius 3 is 2.09 bits per heavy atom. The van der Waals surface area contributed by atoms with Crippen molar-refractivity contribution in [1.82, 2.24) is 0 Å². The van der Waals surface area contributed by atoms with Crippen molar-refractivity contribution in [2.45, 2.75) is 45.0 Å². The van der Waals surface area contributed by atoms with Crippen molar-refractivity contribution in [3.05, 3.63) is 52.6 Å². The van der Waals surface area contributed by atoms with Gasteiger partial charge in [-0.1, -0.05) is 44.6 Å². The predicted octanol–water partition coefficient (Wildman–Crippen LogP) is 5.92. The molecule has 0 unspecified atom stereocenters. The van der Waals surface area contributed by atoms with E-state index in [-0.39, 0.29) is 18.4 Å². The van der Waals surface area contributed by atoms with E-state index in [1.807, 2.05) is 0 Å². The normalized spacial score (nSPS) is 19.3. The Hall–Kier alpha value is -1.72. The standard InChI is InChI=1S/C17H16F6/c1-3-5-10-6-8-12(15(19)14(10)18)13-9-7-11(4-2)16(20,21)17(13,22)23/h6-9H,3-5H2,1-2H3. The number of aryl methyl sites for hydroxylation is 1. The van der Waals surface area contributed by atoms with Crippen LogP contribution in [0.25, 0.3) is 5.57 Å². The summed E-state index contributed by atoms with van der Waals surface area (Å²) in [6.07, 6.45) is 2.10. The molecule has 0 amide bonds. The van der Waals surface area contributed by atoms with E-state index < -0.39 is 40.2 Å². The average Bonchev–Trinajstić information content (AvgIpc) is 2.48. The lowest BCUT2D eigenvalue weighted by Gasteiger charge is -2.33. The monoisotopic (exact) mass is 334 g/mol. The number of allylic oxidation sites excluding steroid dienone is 4. The SMILES string of the molecule is CCCc1ccc(C2=CC=C(CC)C(F)(F)C2(F)F)c(F)c1F. The van der Waals surface area contributed by atoms with Crippen molar-refractivity contribution >= 4 is 5.57 Å². The molecular formula is C17H16F6. The molecule has 0 radical (unpaired) electrons. The highest BCUT2D eigenvalue weighted by atomic mass is 19.3. The Morgan fingerprint density at radius 1 is 0.870 bits per heavy atom. The van der Waals surface area contributed by atoms with Gasteiger partial charge in [-0.15, -0.1) is 0 Å². The first kappa shape index (κ1) is 17.6. The zero-order valence-electron chi connectivity index (χ0n) is 12.7.